The van der Waals surface area contributed by atoms with Crippen LogP contribution in [0.1, 0.15) is 27.7 Å². The van der Waals surface area contributed by atoms with E-state index in [-0.39, 0.29) is 0 Å². The van der Waals surface area contributed by atoms with Crippen molar-refractivity contribution in [2.45, 2.75) is 27.7 Å². The Balaban J connectivity index is 2.66. The molecule has 1 aliphatic carbocycles. The first kappa shape index (κ1) is 9.30. The average molecular weight is 168 g/mol. The first-order chi connectivity index (χ1) is 5.37. The van der Waals surface area contributed by atoms with Crippen LogP contribution >= 0.6 is 0 Å². The number of hydrogen-bond acceptors (Lipinski definition) is 1. The van der Waals surface area contributed by atoms with Crippen molar-refractivity contribution in [3.8, 4) is 0 Å². The van der Waals surface area contributed by atoms with E-state index in [0.29, 0.717) is 22.8 Å². The smallest absolute Gasteiger partial charge is 0.330 e. The number of aliphatic carboxylic acids is 1. The fourth-order valence-electron chi connectivity index (χ4n) is 1.64. The van der Waals surface area contributed by atoms with Gasteiger partial charge in [-0.25, -0.2) is 4.79 Å². The maximum atomic E-state index is 10.5. The lowest BCUT2D eigenvalue weighted by atomic mass is 10.1. The lowest BCUT2D eigenvalue weighted by Crippen LogP contribution is -1.97. The van der Waals surface area contributed by atoms with Crippen molar-refractivity contribution in [2.24, 2.45) is 17.3 Å². The summed E-state index contributed by atoms with van der Waals surface area (Å²) in [5.74, 6) is 0.269. The van der Waals surface area contributed by atoms with Gasteiger partial charge in [0.2, 0.25) is 0 Å². The van der Waals surface area contributed by atoms with Gasteiger partial charge in [-0.1, -0.05) is 26.8 Å². The average Bonchev–Trinajstić information content (AvgIpc) is 2.38. The molecule has 0 radical (unpaired) electrons. The van der Waals surface area contributed by atoms with Crippen molar-refractivity contribution in [3.05, 3.63) is 11.6 Å². The van der Waals surface area contributed by atoms with Gasteiger partial charge in [-0.05, 0) is 24.2 Å². The minimum atomic E-state index is -0.801. The normalized spacial score (nSPS) is 33.2. The number of carbonyl (C=O) groups is 1. The van der Waals surface area contributed by atoms with Gasteiger partial charge in [0.15, 0.2) is 0 Å². The Morgan fingerprint density at radius 1 is 1.50 bits per heavy atom. The molecule has 0 saturated heterocycles. The van der Waals surface area contributed by atoms with Gasteiger partial charge in [-0.15, -0.1) is 0 Å². The Bertz CT molecular complexity index is 238. The molecule has 0 bridgehead atoms. The van der Waals surface area contributed by atoms with E-state index in [0.717, 1.165) is 0 Å². The van der Waals surface area contributed by atoms with Gasteiger partial charge >= 0.3 is 5.97 Å². The topological polar surface area (TPSA) is 37.3 Å². The molecule has 0 aromatic carbocycles. The second-order valence-corrected chi connectivity index (χ2v) is 4.29. The summed E-state index contributed by atoms with van der Waals surface area (Å²) >= 11 is 0. The van der Waals surface area contributed by atoms with E-state index in [4.69, 9.17) is 5.11 Å². The molecule has 0 aromatic heterocycles. The standard InChI is InChI=1S/C10H16O2/c1-6(9(11)12)5-8-7(2)10(8,3)4/h5,7-8H,1-4H3,(H,11,12)/b6-5+. The van der Waals surface area contributed by atoms with Crippen LogP contribution in [0.25, 0.3) is 0 Å². The predicted molar refractivity (Wildman–Crippen MR) is 47.8 cm³/mol. The van der Waals surface area contributed by atoms with Crippen LogP contribution in [0.3, 0.4) is 0 Å². The summed E-state index contributed by atoms with van der Waals surface area (Å²) in [6.07, 6.45) is 1.88. The Labute approximate surface area is 73.3 Å². The summed E-state index contributed by atoms with van der Waals surface area (Å²) in [5, 5.41) is 8.65. The Hall–Kier alpha value is -0.790. The molecule has 0 aromatic rings. The van der Waals surface area contributed by atoms with Crippen LogP contribution in [-0.4, -0.2) is 11.1 Å². The Morgan fingerprint density at radius 3 is 2.17 bits per heavy atom. The van der Waals surface area contributed by atoms with E-state index in [9.17, 15) is 4.79 Å². The molecule has 12 heavy (non-hydrogen) atoms. The van der Waals surface area contributed by atoms with Gasteiger partial charge in [0.25, 0.3) is 0 Å². The van der Waals surface area contributed by atoms with Crippen molar-refractivity contribution in [1.82, 2.24) is 0 Å². The third-order valence-electron chi connectivity index (χ3n) is 3.23. The molecule has 0 spiro atoms. The number of rotatable bonds is 2. The van der Waals surface area contributed by atoms with Crippen LogP contribution in [-0.2, 0) is 4.79 Å². The van der Waals surface area contributed by atoms with Crippen molar-refractivity contribution in [3.63, 3.8) is 0 Å². The summed E-state index contributed by atoms with van der Waals surface area (Å²) in [6.45, 7) is 8.17. The molecule has 1 rings (SSSR count). The zero-order valence-corrected chi connectivity index (χ0v) is 8.09. The first-order valence-electron chi connectivity index (χ1n) is 4.29. The number of allylic oxidation sites excluding steroid dienone is 1. The molecule has 2 nitrogen and oxygen atoms in total. The fraction of sp³-hybridized carbons (Fsp3) is 0.700. The largest absolute Gasteiger partial charge is 0.478 e. The fourth-order valence-corrected chi connectivity index (χ4v) is 1.64. The minimum Gasteiger partial charge on any atom is -0.478 e. The zero-order valence-electron chi connectivity index (χ0n) is 8.09. The van der Waals surface area contributed by atoms with E-state index in [1.54, 1.807) is 6.92 Å². The maximum Gasteiger partial charge on any atom is 0.330 e. The Kier molecular flexibility index (Phi) is 2.02. The molecule has 1 N–H and O–H groups in total. The Morgan fingerprint density at radius 2 is 1.92 bits per heavy atom. The zero-order chi connectivity index (χ0) is 9.52. The van der Waals surface area contributed by atoms with Crippen LogP contribution in [0, 0.1) is 17.3 Å². The summed E-state index contributed by atoms with van der Waals surface area (Å²) in [7, 11) is 0. The highest BCUT2D eigenvalue weighted by Crippen LogP contribution is 2.58. The third kappa shape index (κ3) is 1.38. The van der Waals surface area contributed by atoms with Gasteiger partial charge in [0.1, 0.15) is 0 Å². The highest BCUT2D eigenvalue weighted by molar-refractivity contribution is 5.85. The third-order valence-corrected chi connectivity index (χ3v) is 3.23. The minimum absolute atomic E-state index is 0.302. The van der Waals surface area contributed by atoms with Crippen molar-refractivity contribution in [1.29, 1.82) is 0 Å². The lowest BCUT2D eigenvalue weighted by Gasteiger charge is -1.97. The summed E-state index contributed by atoms with van der Waals surface area (Å²) < 4.78 is 0. The highest BCUT2D eigenvalue weighted by Gasteiger charge is 2.52. The summed E-state index contributed by atoms with van der Waals surface area (Å²) in [6, 6.07) is 0. The maximum absolute atomic E-state index is 10.5. The van der Waals surface area contributed by atoms with Gasteiger partial charge in [0, 0.05) is 5.57 Å². The molecule has 1 aliphatic rings. The molecule has 68 valence electrons. The van der Waals surface area contributed by atoms with Gasteiger partial charge < -0.3 is 5.11 Å². The summed E-state index contributed by atoms with van der Waals surface area (Å²) in [4.78, 5) is 10.5. The highest BCUT2D eigenvalue weighted by atomic mass is 16.4. The van der Waals surface area contributed by atoms with E-state index in [1.165, 1.54) is 0 Å². The molecule has 2 unspecified atom stereocenters. The quantitative estimate of drug-likeness (QED) is 0.642. The van der Waals surface area contributed by atoms with Gasteiger partial charge in [-0.2, -0.15) is 0 Å². The van der Waals surface area contributed by atoms with Gasteiger partial charge in [0.05, 0.1) is 0 Å². The summed E-state index contributed by atoms with van der Waals surface area (Å²) in [5.41, 5.74) is 0.772. The molecule has 0 heterocycles. The molecule has 2 heteroatoms. The number of carboxylic acid groups (broad SMARTS) is 1. The molecule has 2 atom stereocenters. The van der Waals surface area contributed by atoms with E-state index < -0.39 is 5.97 Å². The van der Waals surface area contributed by atoms with Crippen LogP contribution in [0.5, 0.6) is 0 Å². The predicted octanol–water partition coefficient (Wildman–Crippen LogP) is 2.31. The molecule has 0 amide bonds. The first-order valence-corrected chi connectivity index (χ1v) is 4.29. The number of carboxylic acids is 1. The van der Waals surface area contributed by atoms with E-state index >= 15 is 0 Å². The monoisotopic (exact) mass is 168 g/mol. The van der Waals surface area contributed by atoms with Crippen molar-refractivity contribution in [2.75, 3.05) is 0 Å². The van der Waals surface area contributed by atoms with E-state index in [2.05, 4.69) is 20.8 Å². The van der Waals surface area contributed by atoms with Crippen molar-refractivity contribution >= 4 is 5.97 Å². The second kappa shape index (κ2) is 2.61. The van der Waals surface area contributed by atoms with E-state index in [1.807, 2.05) is 6.08 Å². The molecular formula is C10H16O2. The van der Waals surface area contributed by atoms with Crippen LogP contribution in [0.2, 0.25) is 0 Å². The molecular weight excluding hydrogens is 152 g/mol. The lowest BCUT2D eigenvalue weighted by molar-refractivity contribution is -0.132. The molecule has 0 aliphatic heterocycles. The molecule has 1 fully saturated rings. The van der Waals surface area contributed by atoms with Crippen LogP contribution in [0.15, 0.2) is 11.6 Å². The molecule has 1 saturated carbocycles. The number of hydrogen-bond donors (Lipinski definition) is 1. The van der Waals surface area contributed by atoms with Crippen LogP contribution < -0.4 is 0 Å². The van der Waals surface area contributed by atoms with Crippen molar-refractivity contribution < 1.29 is 9.90 Å². The van der Waals surface area contributed by atoms with Crippen LogP contribution in [0.4, 0.5) is 0 Å². The second-order valence-electron chi connectivity index (χ2n) is 4.29. The van der Waals surface area contributed by atoms with Gasteiger partial charge in [-0.3, -0.25) is 0 Å². The SMILES string of the molecule is C/C(=C\C1C(C)C1(C)C)C(=O)O.